The molecule has 3 N–H and O–H groups in total. The van der Waals surface area contributed by atoms with E-state index in [2.05, 4.69) is 10.3 Å². The first kappa shape index (κ1) is 14.8. The molecule has 0 atom stereocenters. The fourth-order valence-electron chi connectivity index (χ4n) is 2.77. The number of amides is 1. The summed E-state index contributed by atoms with van der Waals surface area (Å²) < 4.78 is 0. The summed E-state index contributed by atoms with van der Waals surface area (Å²) in [5, 5.41) is 3.54. The Morgan fingerprint density at radius 1 is 1.40 bits per heavy atom. The minimum atomic E-state index is -0.0842. The third kappa shape index (κ3) is 3.28. The number of carbonyl (C=O) groups excluding carboxylic acids is 1. The molecular formula is C15H24N4O. The van der Waals surface area contributed by atoms with Crippen LogP contribution in [0, 0.1) is 0 Å². The number of carbonyl (C=O) groups is 1. The number of anilines is 1. The molecule has 0 spiro atoms. The minimum Gasteiger partial charge on any atom is -0.378 e. The largest absolute Gasteiger partial charge is 0.378 e. The normalized spacial score (nSPS) is 17.6. The highest BCUT2D eigenvalue weighted by Crippen LogP contribution is 2.30. The quantitative estimate of drug-likeness (QED) is 0.880. The summed E-state index contributed by atoms with van der Waals surface area (Å²) in [4.78, 5) is 17.6. The lowest BCUT2D eigenvalue weighted by Crippen LogP contribution is -2.47. The fourth-order valence-corrected chi connectivity index (χ4v) is 2.77. The smallest absolute Gasteiger partial charge is 0.272 e. The number of pyridine rings is 1. The summed E-state index contributed by atoms with van der Waals surface area (Å²) in [6, 6.07) is 3.72. The number of nitrogens with zero attached hydrogens (tertiary/aromatic N) is 2. The molecule has 2 rings (SSSR count). The van der Waals surface area contributed by atoms with Crippen molar-refractivity contribution in [1.82, 2.24) is 9.88 Å². The van der Waals surface area contributed by atoms with Gasteiger partial charge < -0.3 is 16.0 Å². The van der Waals surface area contributed by atoms with Crippen LogP contribution in [0.15, 0.2) is 18.3 Å². The molecule has 1 aromatic rings. The summed E-state index contributed by atoms with van der Waals surface area (Å²) in [7, 11) is 3.46. The van der Waals surface area contributed by atoms with Crippen LogP contribution in [0.5, 0.6) is 0 Å². The molecule has 20 heavy (non-hydrogen) atoms. The molecule has 1 saturated carbocycles. The molecule has 0 saturated heterocycles. The molecule has 1 aliphatic rings. The van der Waals surface area contributed by atoms with Crippen molar-refractivity contribution in [3.05, 3.63) is 24.0 Å². The number of hydrogen-bond acceptors (Lipinski definition) is 4. The average molecular weight is 276 g/mol. The maximum Gasteiger partial charge on any atom is 0.272 e. The van der Waals surface area contributed by atoms with E-state index < -0.39 is 0 Å². The van der Waals surface area contributed by atoms with Gasteiger partial charge in [0.05, 0.1) is 0 Å². The van der Waals surface area contributed by atoms with Gasteiger partial charge in [0.25, 0.3) is 5.91 Å². The van der Waals surface area contributed by atoms with Crippen LogP contribution in [0.3, 0.4) is 0 Å². The van der Waals surface area contributed by atoms with E-state index >= 15 is 0 Å². The van der Waals surface area contributed by atoms with Crippen LogP contribution in [0.25, 0.3) is 0 Å². The Labute approximate surface area is 120 Å². The van der Waals surface area contributed by atoms with Crippen molar-refractivity contribution in [2.24, 2.45) is 5.73 Å². The first-order valence-corrected chi connectivity index (χ1v) is 7.22. The second-order valence-corrected chi connectivity index (χ2v) is 5.80. The highest BCUT2D eigenvalue weighted by atomic mass is 16.2. The maximum absolute atomic E-state index is 11.9. The topological polar surface area (TPSA) is 71.2 Å². The summed E-state index contributed by atoms with van der Waals surface area (Å²) in [5.74, 6) is -0.0842. The van der Waals surface area contributed by atoms with Crippen LogP contribution in [0.2, 0.25) is 0 Å². The Hall–Kier alpha value is -1.62. The third-order valence-corrected chi connectivity index (χ3v) is 4.00. The third-order valence-electron chi connectivity index (χ3n) is 4.00. The number of aromatic nitrogens is 1. The van der Waals surface area contributed by atoms with E-state index in [1.807, 2.05) is 12.1 Å². The summed E-state index contributed by atoms with van der Waals surface area (Å²) in [6.07, 6.45) is 7.54. The van der Waals surface area contributed by atoms with Gasteiger partial charge >= 0.3 is 0 Å². The first-order chi connectivity index (χ1) is 9.56. The standard InChI is InChI=1S/C15H24N4O/c1-19(2)14(20)13-10-12(6-9-17-13)18-15(11-16)7-4-3-5-8-15/h6,9-10H,3-5,7-8,11,16H2,1-2H3,(H,17,18). The Morgan fingerprint density at radius 3 is 2.70 bits per heavy atom. The number of nitrogens with two attached hydrogens (primary N) is 1. The van der Waals surface area contributed by atoms with E-state index in [0.717, 1.165) is 18.5 Å². The Bertz CT molecular complexity index is 467. The van der Waals surface area contributed by atoms with Gasteiger partial charge in [0.15, 0.2) is 0 Å². The lowest BCUT2D eigenvalue weighted by atomic mass is 9.81. The van der Waals surface area contributed by atoms with Crippen LogP contribution < -0.4 is 11.1 Å². The van der Waals surface area contributed by atoms with Crippen molar-refractivity contribution < 1.29 is 4.79 Å². The monoisotopic (exact) mass is 276 g/mol. The van der Waals surface area contributed by atoms with E-state index in [-0.39, 0.29) is 11.4 Å². The van der Waals surface area contributed by atoms with Crippen molar-refractivity contribution in [1.29, 1.82) is 0 Å². The molecule has 1 heterocycles. The van der Waals surface area contributed by atoms with Crippen LogP contribution in [0.1, 0.15) is 42.6 Å². The van der Waals surface area contributed by atoms with E-state index in [1.165, 1.54) is 24.2 Å². The summed E-state index contributed by atoms with van der Waals surface area (Å²) >= 11 is 0. The van der Waals surface area contributed by atoms with E-state index in [4.69, 9.17) is 5.73 Å². The second kappa shape index (κ2) is 6.22. The molecule has 1 amide bonds. The predicted molar refractivity (Wildman–Crippen MR) is 80.7 cm³/mol. The molecule has 0 aliphatic heterocycles. The number of nitrogens with one attached hydrogen (secondary N) is 1. The highest BCUT2D eigenvalue weighted by Gasteiger charge is 2.30. The van der Waals surface area contributed by atoms with Gasteiger partial charge in [-0.05, 0) is 25.0 Å². The molecular weight excluding hydrogens is 252 g/mol. The van der Waals surface area contributed by atoms with Crippen molar-refractivity contribution in [2.75, 3.05) is 26.0 Å². The molecule has 0 aromatic carbocycles. The van der Waals surface area contributed by atoms with Gasteiger partial charge in [-0.2, -0.15) is 0 Å². The summed E-state index contributed by atoms with van der Waals surface area (Å²) in [6.45, 7) is 0.617. The number of hydrogen-bond donors (Lipinski definition) is 2. The van der Waals surface area contributed by atoms with Crippen molar-refractivity contribution in [2.45, 2.75) is 37.6 Å². The maximum atomic E-state index is 11.9. The van der Waals surface area contributed by atoms with Gasteiger partial charge in [-0.1, -0.05) is 19.3 Å². The van der Waals surface area contributed by atoms with Crippen LogP contribution in [0.4, 0.5) is 5.69 Å². The Morgan fingerprint density at radius 2 is 2.10 bits per heavy atom. The second-order valence-electron chi connectivity index (χ2n) is 5.80. The van der Waals surface area contributed by atoms with Crippen LogP contribution in [-0.4, -0.2) is 42.0 Å². The zero-order valence-corrected chi connectivity index (χ0v) is 12.4. The molecule has 0 bridgehead atoms. The summed E-state index contributed by atoms with van der Waals surface area (Å²) in [5.41, 5.74) is 7.34. The SMILES string of the molecule is CN(C)C(=O)c1cc(NC2(CN)CCCCC2)ccn1. The van der Waals surface area contributed by atoms with Gasteiger partial charge in [0.1, 0.15) is 5.69 Å². The molecule has 0 unspecified atom stereocenters. The molecule has 5 nitrogen and oxygen atoms in total. The van der Waals surface area contributed by atoms with Gasteiger partial charge in [-0.15, -0.1) is 0 Å². The van der Waals surface area contributed by atoms with Gasteiger partial charge in [-0.25, -0.2) is 0 Å². The van der Waals surface area contributed by atoms with E-state index in [1.54, 1.807) is 20.3 Å². The van der Waals surface area contributed by atoms with Crippen LogP contribution >= 0.6 is 0 Å². The highest BCUT2D eigenvalue weighted by molar-refractivity contribution is 5.92. The average Bonchev–Trinajstić information content (AvgIpc) is 2.47. The fraction of sp³-hybridized carbons (Fsp3) is 0.600. The molecule has 0 radical (unpaired) electrons. The van der Waals surface area contributed by atoms with Gasteiger partial charge in [0, 0.05) is 38.1 Å². The minimum absolute atomic E-state index is 0.0297. The Kier molecular flexibility index (Phi) is 4.60. The zero-order valence-electron chi connectivity index (χ0n) is 12.4. The number of rotatable bonds is 4. The molecule has 1 aliphatic carbocycles. The lowest BCUT2D eigenvalue weighted by Gasteiger charge is -2.38. The molecule has 1 fully saturated rings. The van der Waals surface area contributed by atoms with Crippen LogP contribution in [-0.2, 0) is 0 Å². The zero-order chi connectivity index (χ0) is 14.6. The molecule has 5 heteroatoms. The van der Waals surface area contributed by atoms with E-state index in [0.29, 0.717) is 12.2 Å². The first-order valence-electron chi connectivity index (χ1n) is 7.22. The lowest BCUT2D eigenvalue weighted by molar-refractivity contribution is 0.0822. The van der Waals surface area contributed by atoms with Crippen molar-refractivity contribution in [3.8, 4) is 0 Å². The predicted octanol–water partition coefficient (Wildman–Crippen LogP) is 1.86. The van der Waals surface area contributed by atoms with Gasteiger partial charge in [-0.3, -0.25) is 9.78 Å². The molecule has 1 aromatic heterocycles. The molecule has 110 valence electrons. The Balaban J connectivity index is 2.16. The van der Waals surface area contributed by atoms with Crippen molar-refractivity contribution in [3.63, 3.8) is 0 Å². The van der Waals surface area contributed by atoms with Crippen molar-refractivity contribution >= 4 is 11.6 Å². The van der Waals surface area contributed by atoms with E-state index in [9.17, 15) is 4.79 Å². The van der Waals surface area contributed by atoms with Gasteiger partial charge in [0.2, 0.25) is 0 Å².